The van der Waals surface area contributed by atoms with Gasteiger partial charge in [0, 0.05) is 6.54 Å². The van der Waals surface area contributed by atoms with E-state index in [9.17, 15) is 9.90 Å². The van der Waals surface area contributed by atoms with Crippen LogP contribution in [0.5, 0.6) is 0 Å². The van der Waals surface area contributed by atoms with Gasteiger partial charge in [-0.25, -0.2) is 4.79 Å². The van der Waals surface area contributed by atoms with Gasteiger partial charge in [0.25, 0.3) is 0 Å². The first-order chi connectivity index (χ1) is 9.29. The van der Waals surface area contributed by atoms with Crippen LogP contribution in [-0.2, 0) is 11.2 Å². The predicted octanol–water partition coefficient (Wildman–Crippen LogP) is 3.20. The van der Waals surface area contributed by atoms with Gasteiger partial charge in [-0.2, -0.15) is 0 Å². The van der Waals surface area contributed by atoms with Gasteiger partial charge in [-0.15, -0.1) is 0 Å². The first-order valence-electron chi connectivity index (χ1n) is 7.02. The van der Waals surface area contributed by atoms with Crippen LogP contribution in [0.4, 0.5) is 4.79 Å². The second-order valence-corrected chi connectivity index (χ2v) is 5.91. The Kier molecular flexibility index (Phi) is 6.02. The summed E-state index contributed by atoms with van der Waals surface area (Å²) in [6.07, 6.45) is 0.770. The lowest BCUT2D eigenvalue weighted by Gasteiger charge is -2.19. The van der Waals surface area contributed by atoms with Crippen molar-refractivity contribution >= 4 is 6.09 Å². The van der Waals surface area contributed by atoms with Crippen LogP contribution in [0.3, 0.4) is 0 Å². The lowest BCUT2D eigenvalue weighted by molar-refractivity contribution is 0.0527. The van der Waals surface area contributed by atoms with Crippen LogP contribution in [0.15, 0.2) is 24.3 Å². The number of hydrogen-bond acceptors (Lipinski definition) is 3. The van der Waals surface area contributed by atoms with Gasteiger partial charge in [0.2, 0.25) is 0 Å². The van der Waals surface area contributed by atoms with Gasteiger partial charge >= 0.3 is 6.09 Å². The first kappa shape index (κ1) is 16.5. The van der Waals surface area contributed by atoms with Gasteiger partial charge in [0.1, 0.15) is 5.60 Å². The molecule has 1 aromatic carbocycles. The number of rotatable bonds is 5. The van der Waals surface area contributed by atoms with Crippen molar-refractivity contribution in [1.29, 1.82) is 0 Å². The highest BCUT2D eigenvalue weighted by molar-refractivity contribution is 5.67. The summed E-state index contributed by atoms with van der Waals surface area (Å²) >= 11 is 0. The van der Waals surface area contributed by atoms with E-state index in [0.29, 0.717) is 6.54 Å². The van der Waals surface area contributed by atoms with Crippen LogP contribution in [-0.4, -0.2) is 23.3 Å². The summed E-state index contributed by atoms with van der Waals surface area (Å²) in [7, 11) is 0. The molecule has 0 aliphatic rings. The molecule has 4 heteroatoms. The number of amides is 1. The molecule has 0 saturated carbocycles. The maximum Gasteiger partial charge on any atom is 0.407 e. The predicted molar refractivity (Wildman–Crippen MR) is 79.6 cm³/mol. The Hall–Kier alpha value is -1.55. The second-order valence-electron chi connectivity index (χ2n) is 5.91. The number of aliphatic hydroxyl groups is 1. The number of alkyl carbamates (subject to hydrolysis) is 1. The van der Waals surface area contributed by atoms with Crippen molar-refractivity contribution in [2.75, 3.05) is 6.54 Å². The third-order valence-corrected chi connectivity index (χ3v) is 2.80. The molecule has 0 aliphatic carbocycles. The SMILES string of the molecule is C[C@@H](O)c1ccccc1CCCNC(=O)OC(C)(C)C. The fraction of sp³-hybridized carbons (Fsp3) is 0.562. The van der Waals surface area contributed by atoms with Gasteiger partial charge in [-0.1, -0.05) is 24.3 Å². The summed E-state index contributed by atoms with van der Waals surface area (Å²) < 4.78 is 5.16. The molecule has 0 radical (unpaired) electrons. The number of carbonyl (C=O) groups is 1. The molecule has 0 aliphatic heterocycles. The monoisotopic (exact) mass is 279 g/mol. The molecular formula is C16H25NO3. The number of carbonyl (C=O) groups excluding carboxylic acids is 1. The van der Waals surface area contributed by atoms with Crippen molar-refractivity contribution in [2.45, 2.75) is 52.2 Å². The Balaban J connectivity index is 2.37. The second kappa shape index (κ2) is 7.29. The standard InChI is InChI=1S/C16H25NO3/c1-12(18)14-10-6-5-8-13(14)9-7-11-17-15(19)20-16(2,3)4/h5-6,8,10,12,18H,7,9,11H2,1-4H3,(H,17,19)/t12-/m1/s1. The van der Waals surface area contributed by atoms with Gasteiger partial charge < -0.3 is 15.2 Å². The van der Waals surface area contributed by atoms with Crippen LogP contribution in [0, 0.1) is 0 Å². The van der Waals surface area contributed by atoms with Crippen LogP contribution < -0.4 is 5.32 Å². The smallest absolute Gasteiger partial charge is 0.407 e. The number of aryl methyl sites for hydroxylation is 1. The topological polar surface area (TPSA) is 58.6 Å². The Morgan fingerprint density at radius 3 is 2.60 bits per heavy atom. The van der Waals surface area contributed by atoms with Gasteiger partial charge in [0.05, 0.1) is 6.10 Å². The van der Waals surface area contributed by atoms with Crippen molar-refractivity contribution in [3.8, 4) is 0 Å². The van der Waals surface area contributed by atoms with E-state index in [1.165, 1.54) is 0 Å². The number of nitrogens with one attached hydrogen (secondary N) is 1. The summed E-state index contributed by atoms with van der Waals surface area (Å²) in [5.74, 6) is 0. The molecule has 1 rings (SSSR count). The molecule has 20 heavy (non-hydrogen) atoms. The minimum absolute atomic E-state index is 0.388. The highest BCUT2D eigenvalue weighted by Crippen LogP contribution is 2.18. The molecule has 0 spiro atoms. The summed E-state index contributed by atoms with van der Waals surface area (Å²) in [5.41, 5.74) is 1.60. The third kappa shape index (κ3) is 6.06. The average Bonchev–Trinajstić information content (AvgIpc) is 2.33. The maximum atomic E-state index is 11.5. The van der Waals surface area contributed by atoms with Crippen molar-refractivity contribution < 1.29 is 14.6 Å². The fourth-order valence-corrected chi connectivity index (χ4v) is 1.95. The molecule has 0 fully saturated rings. The normalized spacial score (nSPS) is 12.8. The van der Waals surface area contributed by atoms with E-state index in [2.05, 4.69) is 5.32 Å². The zero-order valence-electron chi connectivity index (χ0n) is 12.8. The molecule has 112 valence electrons. The van der Waals surface area contributed by atoms with Crippen molar-refractivity contribution in [1.82, 2.24) is 5.32 Å². The highest BCUT2D eigenvalue weighted by Gasteiger charge is 2.15. The minimum Gasteiger partial charge on any atom is -0.444 e. The van der Waals surface area contributed by atoms with Crippen LogP contribution in [0.25, 0.3) is 0 Å². The Morgan fingerprint density at radius 2 is 2.00 bits per heavy atom. The third-order valence-electron chi connectivity index (χ3n) is 2.80. The van der Waals surface area contributed by atoms with Crippen molar-refractivity contribution in [2.24, 2.45) is 0 Å². The lowest BCUT2D eigenvalue weighted by Crippen LogP contribution is -2.33. The van der Waals surface area contributed by atoms with Gasteiger partial charge in [-0.3, -0.25) is 0 Å². The van der Waals surface area contributed by atoms with Gasteiger partial charge in [0.15, 0.2) is 0 Å². The molecular weight excluding hydrogens is 254 g/mol. The Bertz CT molecular complexity index is 436. The molecule has 0 bridgehead atoms. The Labute approximate surface area is 121 Å². The van der Waals surface area contributed by atoms with Crippen molar-refractivity contribution in [3.05, 3.63) is 35.4 Å². The summed E-state index contributed by atoms with van der Waals surface area (Å²) in [4.78, 5) is 11.5. The molecule has 0 aromatic heterocycles. The molecule has 1 aromatic rings. The number of hydrogen-bond donors (Lipinski definition) is 2. The summed E-state index contributed by atoms with van der Waals surface area (Å²) in [6.45, 7) is 7.84. The van der Waals surface area contributed by atoms with E-state index in [-0.39, 0.29) is 6.09 Å². The van der Waals surface area contributed by atoms with E-state index >= 15 is 0 Å². The van der Waals surface area contributed by atoms with E-state index in [0.717, 1.165) is 24.0 Å². The summed E-state index contributed by atoms with van der Waals surface area (Å²) in [5, 5.41) is 12.4. The first-order valence-corrected chi connectivity index (χ1v) is 7.02. The van der Waals surface area contributed by atoms with Crippen LogP contribution >= 0.6 is 0 Å². The molecule has 4 nitrogen and oxygen atoms in total. The fourth-order valence-electron chi connectivity index (χ4n) is 1.95. The number of aliphatic hydroxyl groups excluding tert-OH is 1. The minimum atomic E-state index is -0.469. The number of benzene rings is 1. The molecule has 1 atom stereocenters. The van der Waals surface area contributed by atoms with Crippen molar-refractivity contribution in [3.63, 3.8) is 0 Å². The summed E-state index contributed by atoms with van der Waals surface area (Å²) in [6, 6.07) is 7.82. The zero-order chi connectivity index (χ0) is 15.2. The highest BCUT2D eigenvalue weighted by atomic mass is 16.6. The van der Waals surface area contributed by atoms with E-state index in [4.69, 9.17) is 4.74 Å². The molecule has 2 N–H and O–H groups in total. The van der Waals surface area contributed by atoms with E-state index in [1.54, 1.807) is 6.92 Å². The number of ether oxygens (including phenoxy) is 1. The van der Waals surface area contributed by atoms with Crippen LogP contribution in [0.1, 0.15) is 51.3 Å². The van der Waals surface area contributed by atoms with E-state index < -0.39 is 11.7 Å². The molecule has 0 saturated heterocycles. The molecule has 1 amide bonds. The molecule has 0 heterocycles. The maximum absolute atomic E-state index is 11.5. The Morgan fingerprint density at radius 1 is 1.35 bits per heavy atom. The molecule has 0 unspecified atom stereocenters. The van der Waals surface area contributed by atoms with E-state index in [1.807, 2.05) is 45.0 Å². The van der Waals surface area contributed by atoms with Gasteiger partial charge in [-0.05, 0) is 51.7 Å². The zero-order valence-corrected chi connectivity index (χ0v) is 12.8. The average molecular weight is 279 g/mol. The lowest BCUT2D eigenvalue weighted by atomic mass is 9.99. The van der Waals surface area contributed by atoms with Crippen LogP contribution in [0.2, 0.25) is 0 Å². The quantitative estimate of drug-likeness (QED) is 0.814. The largest absolute Gasteiger partial charge is 0.444 e.